The summed E-state index contributed by atoms with van der Waals surface area (Å²) in [6, 6.07) is 8.13. The molecule has 116 valence electrons. The highest BCUT2D eigenvalue weighted by atomic mass is 16.5. The molecular weight excluding hydrogens is 264 g/mol. The Kier molecular flexibility index (Phi) is 8.41. The Balaban J connectivity index is 2.36. The van der Waals surface area contributed by atoms with Crippen molar-refractivity contribution in [2.24, 2.45) is 0 Å². The second-order valence-corrected chi connectivity index (χ2v) is 5.32. The molecule has 0 unspecified atom stereocenters. The van der Waals surface area contributed by atoms with Crippen LogP contribution in [0.15, 0.2) is 24.3 Å². The molecule has 0 spiro atoms. The maximum absolute atomic E-state index is 11.7. The third-order valence-corrected chi connectivity index (χ3v) is 3.39. The smallest absolute Gasteiger partial charge is 0.313 e. The van der Waals surface area contributed by atoms with Gasteiger partial charge in [0.2, 0.25) is 0 Å². The van der Waals surface area contributed by atoms with E-state index in [0.29, 0.717) is 13.0 Å². The van der Waals surface area contributed by atoms with Gasteiger partial charge in [-0.25, -0.2) is 0 Å². The average molecular weight is 290 g/mol. The molecule has 0 N–H and O–H groups in total. The predicted molar refractivity (Wildman–Crippen MR) is 84.2 cm³/mol. The minimum Gasteiger partial charge on any atom is -0.466 e. The van der Waals surface area contributed by atoms with Gasteiger partial charge in [0.05, 0.1) is 6.61 Å². The molecule has 3 nitrogen and oxygen atoms in total. The van der Waals surface area contributed by atoms with Crippen molar-refractivity contribution in [3.05, 3.63) is 35.4 Å². The fraction of sp³-hybridized carbons (Fsp3) is 0.556. The summed E-state index contributed by atoms with van der Waals surface area (Å²) in [5.41, 5.74) is 2.27. The molecular formula is C18H26O3. The summed E-state index contributed by atoms with van der Waals surface area (Å²) in [5.74, 6) is -0.529. The van der Waals surface area contributed by atoms with E-state index < -0.39 is 5.97 Å². The fourth-order valence-electron chi connectivity index (χ4n) is 2.24. The maximum Gasteiger partial charge on any atom is 0.313 e. The van der Waals surface area contributed by atoms with Gasteiger partial charge in [0, 0.05) is 6.42 Å². The van der Waals surface area contributed by atoms with Crippen molar-refractivity contribution < 1.29 is 14.3 Å². The summed E-state index contributed by atoms with van der Waals surface area (Å²) in [4.78, 5) is 23.0. The van der Waals surface area contributed by atoms with Crippen LogP contribution in [0.2, 0.25) is 0 Å². The van der Waals surface area contributed by atoms with Crippen LogP contribution in [0.25, 0.3) is 0 Å². The lowest BCUT2D eigenvalue weighted by Gasteiger charge is -2.04. The Morgan fingerprint density at radius 1 is 0.952 bits per heavy atom. The molecule has 0 amide bonds. The Labute approximate surface area is 127 Å². The summed E-state index contributed by atoms with van der Waals surface area (Å²) in [5, 5.41) is 0. The summed E-state index contributed by atoms with van der Waals surface area (Å²) < 4.78 is 4.77. The Bertz CT molecular complexity index is 434. The first-order valence-electron chi connectivity index (χ1n) is 7.90. The van der Waals surface area contributed by atoms with E-state index in [2.05, 4.69) is 19.1 Å². The van der Waals surface area contributed by atoms with Gasteiger partial charge in [0.25, 0.3) is 0 Å². The third-order valence-electron chi connectivity index (χ3n) is 3.39. The molecule has 0 saturated carbocycles. The van der Waals surface area contributed by atoms with Crippen molar-refractivity contribution in [1.29, 1.82) is 0 Å². The lowest BCUT2D eigenvalue weighted by atomic mass is 10.0. The highest BCUT2D eigenvalue weighted by molar-refractivity contribution is 5.96. The van der Waals surface area contributed by atoms with E-state index in [-0.39, 0.29) is 12.2 Å². The number of esters is 1. The van der Waals surface area contributed by atoms with Crippen LogP contribution in [0.1, 0.15) is 57.1 Å². The summed E-state index contributed by atoms with van der Waals surface area (Å²) in [6.07, 6.45) is 6.30. The number of rotatable bonds is 10. The van der Waals surface area contributed by atoms with Crippen molar-refractivity contribution in [2.75, 3.05) is 6.61 Å². The van der Waals surface area contributed by atoms with E-state index >= 15 is 0 Å². The molecule has 0 radical (unpaired) electrons. The second kappa shape index (κ2) is 10.1. The first-order valence-corrected chi connectivity index (χ1v) is 7.90. The minimum absolute atomic E-state index is 0.0934. The molecule has 0 heterocycles. The first kappa shape index (κ1) is 17.4. The van der Waals surface area contributed by atoms with Crippen molar-refractivity contribution in [1.82, 2.24) is 0 Å². The van der Waals surface area contributed by atoms with Crippen LogP contribution in [0, 0.1) is 0 Å². The number of carbonyl (C=O) groups excluding carboxylic acids is 2. The van der Waals surface area contributed by atoms with Crippen LogP contribution in [0.3, 0.4) is 0 Å². The normalized spacial score (nSPS) is 10.4. The first-order chi connectivity index (χ1) is 10.2. The number of hydrogen-bond acceptors (Lipinski definition) is 3. The van der Waals surface area contributed by atoms with Crippen LogP contribution >= 0.6 is 0 Å². The maximum atomic E-state index is 11.7. The van der Waals surface area contributed by atoms with Crippen molar-refractivity contribution in [3.63, 3.8) is 0 Å². The Morgan fingerprint density at radius 3 is 2.24 bits per heavy atom. The molecule has 3 heteroatoms. The van der Waals surface area contributed by atoms with Gasteiger partial charge in [0.1, 0.15) is 12.2 Å². The topological polar surface area (TPSA) is 43.4 Å². The molecule has 0 atom stereocenters. The standard InChI is InChI=1S/C18H26O3/c1-3-5-6-7-8-15-9-11-16(12-10-15)13-17(19)14-18(20)21-4-2/h9-12H,3-8,13-14H2,1-2H3. The average Bonchev–Trinajstić information content (AvgIpc) is 2.45. The zero-order valence-electron chi connectivity index (χ0n) is 13.2. The van der Waals surface area contributed by atoms with Gasteiger partial charge < -0.3 is 4.74 Å². The monoisotopic (exact) mass is 290 g/mol. The van der Waals surface area contributed by atoms with Gasteiger partial charge in [-0.1, -0.05) is 50.5 Å². The van der Waals surface area contributed by atoms with E-state index in [4.69, 9.17) is 4.74 Å². The van der Waals surface area contributed by atoms with Crippen molar-refractivity contribution in [2.45, 2.75) is 58.8 Å². The molecule has 0 aliphatic carbocycles. The van der Waals surface area contributed by atoms with Gasteiger partial charge >= 0.3 is 5.97 Å². The molecule has 1 aromatic carbocycles. The molecule has 0 aromatic heterocycles. The van der Waals surface area contributed by atoms with Crippen LogP contribution in [0.5, 0.6) is 0 Å². The van der Waals surface area contributed by atoms with Gasteiger partial charge in [-0.3, -0.25) is 9.59 Å². The zero-order chi connectivity index (χ0) is 15.5. The Hall–Kier alpha value is -1.64. The van der Waals surface area contributed by atoms with Crippen molar-refractivity contribution in [3.8, 4) is 0 Å². The van der Waals surface area contributed by atoms with E-state index in [9.17, 15) is 9.59 Å². The summed E-state index contributed by atoms with van der Waals surface area (Å²) in [7, 11) is 0. The van der Waals surface area contributed by atoms with Gasteiger partial charge in [-0.05, 0) is 30.9 Å². The quantitative estimate of drug-likeness (QED) is 0.373. The van der Waals surface area contributed by atoms with E-state index in [1.807, 2.05) is 12.1 Å². The second-order valence-electron chi connectivity index (χ2n) is 5.32. The van der Waals surface area contributed by atoms with Crippen LogP contribution in [-0.4, -0.2) is 18.4 Å². The number of benzene rings is 1. The fourth-order valence-corrected chi connectivity index (χ4v) is 2.24. The van der Waals surface area contributed by atoms with E-state index in [1.54, 1.807) is 6.92 Å². The van der Waals surface area contributed by atoms with Gasteiger partial charge in [-0.2, -0.15) is 0 Å². The third kappa shape index (κ3) is 7.64. The predicted octanol–water partition coefficient (Wildman–Crippen LogP) is 3.87. The zero-order valence-corrected chi connectivity index (χ0v) is 13.2. The molecule has 0 fully saturated rings. The highest BCUT2D eigenvalue weighted by Gasteiger charge is 2.10. The molecule has 0 aliphatic rings. The Morgan fingerprint density at radius 2 is 1.62 bits per heavy atom. The summed E-state index contributed by atoms with van der Waals surface area (Å²) in [6.45, 7) is 4.27. The van der Waals surface area contributed by atoms with Crippen molar-refractivity contribution >= 4 is 11.8 Å². The SMILES string of the molecule is CCCCCCc1ccc(CC(=O)CC(=O)OCC)cc1. The molecule has 1 aromatic rings. The van der Waals surface area contributed by atoms with Crippen LogP contribution in [-0.2, 0) is 27.2 Å². The lowest BCUT2D eigenvalue weighted by molar-refractivity contribution is -0.145. The number of Topliss-reactive ketones (excluding diaryl/α,β-unsaturated/α-hetero) is 1. The van der Waals surface area contributed by atoms with Gasteiger partial charge in [-0.15, -0.1) is 0 Å². The number of ketones is 1. The molecule has 0 aliphatic heterocycles. The molecule has 1 rings (SSSR count). The summed E-state index contributed by atoms with van der Waals surface area (Å²) >= 11 is 0. The number of hydrogen-bond donors (Lipinski definition) is 0. The number of aryl methyl sites for hydroxylation is 1. The lowest BCUT2D eigenvalue weighted by Crippen LogP contribution is -2.12. The van der Waals surface area contributed by atoms with E-state index in [0.717, 1.165) is 12.0 Å². The highest BCUT2D eigenvalue weighted by Crippen LogP contribution is 2.11. The van der Waals surface area contributed by atoms with Crippen LogP contribution in [0.4, 0.5) is 0 Å². The molecule has 0 saturated heterocycles. The number of carbonyl (C=O) groups is 2. The number of ether oxygens (including phenoxy) is 1. The number of unbranched alkanes of at least 4 members (excludes halogenated alkanes) is 3. The largest absolute Gasteiger partial charge is 0.466 e. The molecule has 21 heavy (non-hydrogen) atoms. The van der Waals surface area contributed by atoms with E-state index in [1.165, 1.54) is 31.2 Å². The minimum atomic E-state index is -0.435. The van der Waals surface area contributed by atoms with Gasteiger partial charge in [0.15, 0.2) is 0 Å². The van der Waals surface area contributed by atoms with Crippen LogP contribution < -0.4 is 0 Å². The molecule has 0 bridgehead atoms.